The summed E-state index contributed by atoms with van der Waals surface area (Å²) in [6.07, 6.45) is 0.163. The lowest BCUT2D eigenvalue weighted by atomic mass is 10.1. The molecular formula is C12H24N2O4. The van der Waals surface area contributed by atoms with Crippen LogP contribution >= 0.6 is 0 Å². The second kappa shape index (κ2) is 6.36. The van der Waals surface area contributed by atoms with E-state index in [-0.39, 0.29) is 24.8 Å². The Morgan fingerprint density at radius 2 is 2.28 bits per heavy atom. The van der Waals surface area contributed by atoms with E-state index in [9.17, 15) is 4.79 Å². The van der Waals surface area contributed by atoms with Crippen LogP contribution in [-0.2, 0) is 9.47 Å². The van der Waals surface area contributed by atoms with E-state index in [0.717, 1.165) is 0 Å². The van der Waals surface area contributed by atoms with Gasteiger partial charge >= 0.3 is 6.09 Å². The van der Waals surface area contributed by atoms with E-state index in [2.05, 4.69) is 0 Å². The molecule has 1 fully saturated rings. The van der Waals surface area contributed by atoms with E-state index in [1.165, 1.54) is 0 Å². The first kappa shape index (κ1) is 15.2. The number of amides is 1. The van der Waals surface area contributed by atoms with Gasteiger partial charge in [0, 0.05) is 12.6 Å². The first-order valence-electron chi connectivity index (χ1n) is 6.27. The molecule has 1 heterocycles. The van der Waals surface area contributed by atoms with E-state index in [4.69, 9.17) is 20.3 Å². The summed E-state index contributed by atoms with van der Waals surface area (Å²) in [4.78, 5) is 13.7. The molecular weight excluding hydrogens is 236 g/mol. The number of carbonyl (C=O) groups is 1. The molecule has 1 amide bonds. The SMILES string of the molecule is CC(C)(C)OC(=O)N1CCOCC1CC(N)CO. The third kappa shape index (κ3) is 4.80. The smallest absolute Gasteiger partial charge is 0.410 e. The highest BCUT2D eigenvalue weighted by Gasteiger charge is 2.31. The summed E-state index contributed by atoms with van der Waals surface area (Å²) in [6, 6.07) is -0.475. The molecule has 1 saturated heterocycles. The van der Waals surface area contributed by atoms with Crippen LogP contribution < -0.4 is 5.73 Å². The van der Waals surface area contributed by atoms with Crippen LogP contribution in [0.25, 0.3) is 0 Å². The molecule has 1 rings (SSSR count). The summed E-state index contributed by atoms with van der Waals surface area (Å²) in [7, 11) is 0. The summed E-state index contributed by atoms with van der Waals surface area (Å²) in [5.74, 6) is 0. The van der Waals surface area contributed by atoms with Gasteiger partial charge in [0.2, 0.25) is 0 Å². The van der Waals surface area contributed by atoms with Crippen LogP contribution in [0.2, 0.25) is 0 Å². The van der Waals surface area contributed by atoms with Crippen molar-refractivity contribution in [3.05, 3.63) is 0 Å². The molecule has 6 heteroatoms. The van der Waals surface area contributed by atoms with Crippen molar-refractivity contribution in [2.75, 3.05) is 26.4 Å². The molecule has 18 heavy (non-hydrogen) atoms. The zero-order valence-electron chi connectivity index (χ0n) is 11.4. The van der Waals surface area contributed by atoms with Gasteiger partial charge in [0.15, 0.2) is 0 Å². The van der Waals surface area contributed by atoms with Crippen LogP contribution in [0.4, 0.5) is 4.79 Å². The lowest BCUT2D eigenvalue weighted by molar-refractivity contribution is -0.0361. The van der Waals surface area contributed by atoms with Crippen LogP contribution in [0.15, 0.2) is 0 Å². The van der Waals surface area contributed by atoms with Crippen LogP contribution in [0.1, 0.15) is 27.2 Å². The Bertz CT molecular complexity index is 278. The Kier molecular flexibility index (Phi) is 5.37. The summed E-state index contributed by atoms with van der Waals surface area (Å²) in [6.45, 7) is 6.84. The number of morpholine rings is 1. The fraction of sp³-hybridized carbons (Fsp3) is 0.917. The number of hydrogen-bond acceptors (Lipinski definition) is 5. The van der Waals surface area contributed by atoms with E-state index >= 15 is 0 Å². The topological polar surface area (TPSA) is 85.0 Å². The van der Waals surface area contributed by atoms with Crippen molar-refractivity contribution in [1.82, 2.24) is 4.90 Å². The molecule has 0 aromatic rings. The van der Waals surface area contributed by atoms with Gasteiger partial charge in [-0.3, -0.25) is 0 Å². The first-order valence-corrected chi connectivity index (χ1v) is 6.27. The maximum atomic E-state index is 12.0. The van der Waals surface area contributed by atoms with Gasteiger partial charge in [-0.2, -0.15) is 0 Å². The molecule has 0 spiro atoms. The largest absolute Gasteiger partial charge is 0.444 e. The highest BCUT2D eigenvalue weighted by atomic mass is 16.6. The van der Waals surface area contributed by atoms with Crippen molar-refractivity contribution in [3.8, 4) is 0 Å². The molecule has 0 saturated carbocycles. The Morgan fingerprint density at radius 1 is 1.61 bits per heavy atom. The summed E-state index contributed by atoms with van der Waals surface area (Å²) >= 11 is 0. The zero-order chi connectivity index (χ0) is 13.8. The van der Waals surface area contributed by atoms with Gasteiger partial charge in [0.1, 0.15) is 5.60 Å². The average Bonchev–Trinajstić information content (AvgIpc) is 2.27. The summed E-state index contributed by atoms with van der Waals surface area (Å²) in [5.41, 5.74) is 5.19. The molecule has 0 aromatic heterocycles. The highest BCUT2D eigenvalue weighted by Crippen LogP contribution is 2.17. The average molecular weight is 260 g/mol. The van der Waals surface area contributed by atoms with Crippen molar-refractivity contribution in [2.24, 2.45) is 5.73 Å². The van der Waals surface area contributed by atoms with Crippen LogP contribution in [-0.4, -0.2) is 60.1 Å². The maximum Gasteiger partial charge on any atom is 0.410 e. The summed E-state index contributed by atoms with van der Waals surface area (Å²) < 4.78 is 10.7. The van der Waals surface area contributed by atoms with Gasteiger partial charge in [0.25, 0.3) is 0 Å². The maximum absolute atomic E-state index is 12.0. The number of nitrogens with zero attached hydrogens (tertiary/aromatic N) is 1. The molecule has 106 valence electrons. The van der Waals surface area contributed by atoms with E-state index in [1.54, 1.807) is 4.90 Å². The number of ether oxygens (including phenoxy) is 2. The number of rotatable bonds is 3. The van der Waals surface area contributed by atoms with Crippen molar-refractivity contribution in [1.29, 1.82) is 0 Å². The molecule has 0 aromatic carbocycles. The fourth-order valence-electron chi connectivity index (χ4n) is 1.84. The van der Waals surface area contributed by atoms with Gasteiger partial charge in [0.05, 0.1) is 25.9 Å². The van der Waals surface area contributed by atoms with Crippen LogP contribution in [0.5, 0.6) is 0 Å². The predicted molar refractivity (Wildman–Crippen MR) is 67.2 cm³/mol. The number of aliphatic hydroxyl groups excluding tert-OH is 1. The van der Waals surface area contributed by atoms with E-state index < -0.39 is 5.60 Å². The van der Waals surface area contributed by atoms with Gasteiger partial charge in [-0.25, -0.2) is 4.79 Å². The Labute approximate surface area is 108 Å². The molecule has 1 aliphatic rings. The van der Waals surface area contributed by atoms with Crippen molar-refractivity contribution in [2.45, 2.75) is 44.9 Å². The lowest BCUT2D eigenvalue weighted by Gasteiger charge is -2.37. The molecule has 6 nitrogen and oxygen atoms in total. The minimum atomic E-state index is -0.515. The van der Waals surface area contributed by atoms with Crippen LogP contribution in [0, 0.1) is 0 Å². The minimum absolute atomic E-state index is 0.0986. The predicted octanol–water partition coefficient (Wildman–Crippen LogP) is 0.332. The molecule has 0 aliphatic carbocycles. The first-order chi connectivity index (χ1) is 8.33. The van der Waals surface area contributed by atoms with Gasteiger partial charge in [-0.05, 0) is 27.2 Å². The number of carbonyl (C=O) groups excluding carboxylic acids is 1. The molecule has 0 bridgehead atoms. The van der Waals surface area contributed by atoms with Crippen molar-refractivity contribution in [3.63, 3.8) is 0 Å². The van der Waals surface area contributed by atoms with E-state index in [0.29, 0.717) is 26.2 Å². The molecule has 3 N–H and O–H groups in total. The van der Waals surface area contributed by atoms with Crippen molar-refractivity contribution < 1.29 is 19.4 Å². The van der Waals surface area contributed by atoms with Gasteiger partial charge in [-0.1, -0.05) is 0 Å². The Morgan fingerprint density at radius 3 is 2.83 bits per heavy atom. The zero-order valence-corrected chi connectivity index (χ0v) is 11.4. The number of nitrogens with two attached hydrogens (primary N) is 1. The fourth-order valence-corrected chi connectivity index (χ4v) is 1.84. The second-order valence-corrected chi connectivity index (χ2v) is 5.58. The standard InChI is InChI=1S/C12H24N2O4/c1-12(2,3)18-11(16)14-4-5-17-8-10(14)6-9(13)7-15/h9-10,15H,4-8,13H2,1-3H3. The third-order valence-electron chi connectivity index (χ3n) is 2.66. The number of aliphatic hydroxyl groups is 1. The van der Waals surface area contributed by atoms with Gasteiger partial charge in [-0.15, -0.1) is 0 Å². The molecule has 0 radical (unpaired) electrons. The normalized spacial score (nSPS) is 22.7. The highest BCUT2D eigenvalue weighted by molar-refractivity contribution is 5.68. The summed E-state index contributed by atoms with van der Waals surface area (Å²) in [5, 5.41) is 8.98. The molecule has 2 unspecified atom stereocenters. The van der Waals surface area contributed by atoms with Crippen LogP contribution in [0.3, 0.4) is 0 Å². The number of hydrogen-bond donors (Lipinski definition) is 2. The third-order valence-corrected chi connectivity index (χ3v) is 2.66. The Hall–Kier alpha value is -0.850. The monoisotopic (exact) mass is 260 g/mol. The molecule has 2 atom stereocenters. The van der Waals surface area contributed by atoms with Crippen molar-refractivity contribution >= 4 is 6.09 Å². The molecule has 1 aliphatic heterocycles. The second-order valence-electron chi connectivity index (χ2n) is 5.58. The lowest BCUT2D eigenvalue weighted by Crippen LogP contribution is -2.52. The quantitative estimate of drug-likeness (QED) is 0.764. The van der Waals surface area contributed by atoms with E-state index in [1.807, 2.05) is 20.8 Å². The van der Waals surface area contributed by atoms with Gasteiger partial charge < -0.3 is 25.2 Å². The Balaban J connectivity index is 2.61. The minimum Gasteiger partial charge on any atom is -0.444 e.